The lowest BCUT2D eigenvalue weighted by molar-refractivity contribution is -0.161. The Morgan fingerprint density at radius 2 is 0.896 bits per heavy atom. The van der Waals surface area contributed by atoms with E-state index in [9.17, 15) is 14.7 Å². The molecule has 0 aliphatic carbocycles. The van der Waals surface area contributed by atoms with Gasteiger partial charge in [0.2, 0.25) is 0 Å². The molecule has 0 amide bonds. The highest BCUT2D eigenvalue weighted by atomic mass is 16.6. The van der Waals surface area contributed by atoms with Crippen molar-refractivity contribution >= 4 is 11.9 Å². The minimum atomic E-state index is -0.811. The van der Waals surface area contributed by atoms with E-state index in [1.165, 1.54) is 25.7 Å². The molecule has 0 saturated heterocycles. The summed E-state index contributed by atoms with van der Waals surface area (Å²) in [6.45, 7) is 3.90. The van der Waals surface area contributed by atoms with E-state index in [0.29, 0.717) is 12.8 Å². The molecule has 0 saturated carbocycles. The molecule has 5 heteroatoms. The minimum Gasteiger partial charge on any atom is -0.462 e. The standard InChI is InChI=1S/C43H68O5/c1-3-5-7-9-11-13-15-17-19-20-21-22-24-26-28-30-32-34-36-38-43(46)48-41(39-44)40-47-42(45)37-35-33-31-29-27-25-23-18-16-14-12-10-8-6-4-2/h6,8,11-14,17-19,21-23,26-29,41,44H,3-5,7,9-10,15-16,20,24-25,30-40H2,1-2H3/t41-/m0/s1. The third kappa shape index (κ3) is 35.7. The van der Waals surface area contributed by atoms with Gasteiger partial charge in [0.05, 0.1) is 6.61 Å². The normalized spacial score (nSPS) is 13.3. The topological polar surface area (TPSA) is 72.8 Å². The van der Waals surface area contributed by atoms with Crippen molar-refractivity contribution < 1.29 is 24.2 Å². The van der Waals surface area contributed by atoms with E-state index >= 15 is 0 Å². The molecule has 0 aliphatic rings. The Kier molecular flexibility index (Phi) is 35.7. The first-order valence-electron chi connectivity index (χ1n) is 18.8. The van der Waals surface area contributed by atoms with Gasteiger partial charge >= 0.3 is 11.9 Å². The lowest BCUT2D eigenvalue weighted by Crippen LogP contribution is -2.28. The van der Waals surface area contributed by atoms with Gasteiger partial charge in [0, 0.05) is 12.8 Å². The largest absolute Gasteiger partial charge is 0.462 e. The molecule has 1 atom stereocenters. The van der Waals surface area contributed by atoms with Crippen LogP contribution < -0.4 is 0 Å². The maximum absolute atomic E-state index is 12.1. The molecule has 0 aliphatic heterocycles. The first kappa shape index (κ1) is 44.8. The average Bonchev–Trinajstić information content (AvgIpc) is 3.09. The average molecular weight is 665 g/mol. The number of rotatable bonds is 32. The molecular formula is C43H68O5. The summed E-state index contributed by atoms with van der Waals surface area (Å²) >= 11 is 0. The third-order valence-corrected chi connectivity index (χ3v) is 7.36. The van der Waals surface area contributed by atoms with Crippen molar-refractivity contribution in [3.05, 3.63) is 97.2 Å². The van der Waals surface area contributed by atoms with Gasteiger partial charge in [0.1, 0.15) is 6.61 Å². The molecule has 0 heterocycles. The maximum atomic E-state index is 12.1. The number of aliphatic hydroxyl groups is 1. The highest BCUT2D eigenvalue weighted by Gasteiger charge is 2.16. The Hall–Kier alpha value is -3.18. The van der Waals surface area contributed by atoms with E-state index in [1.54, 1.807) is 0 Å². The molecule has 0 bridgehead atoms. The maximum Gasteiger partial charge on any atom is 0.306 e. The van der Waals surface area contributed by atoms with Gasteiger partial charge in [-0.3, -0.25) is 9.59 Å². The van der Waals surface area contributed by atoms with E-state index in [2.05, 4.69) is 111 Å². The van der Waals surface area contributed by atoms with Gasteiger partial charge in [0.15, 0.2) is 6.10 Å². The molecule has 0 radical (unpaired) electrons. The predicted molar refractivity (Wildman–Crippen MR) is 205 cm³/mol. The zero-order chi connectivity index (χ0) is 35.0. The van der Waals surface area contributed by atoms with Crippen LogP contribution in [0.4, 0.5) is 0 Å². The monoisotopic (exact) mass is 665 g/mol. The molecular weight excluding hydrogens is 596 g/mol. The molecule has 0 rings (SSSR count). The second kappa shape index (κ2) is 38.3. The van der Waals surface area contributed by atoms with Crippen LogP contribution in [-0.2, 0) is 19.1 Å². The minimum absolute atomic E-state index is 0.107. The van der Waals surface area contributed by atoms with Crippen molar-refractivity contribution in [2.24, 2.45) is 0 Å². The predicted octanol–water partition coefficient (Wildman–Crippen LogP) is 11.7. The number of allylic oxidation sites excluding steroid dienone is 16. The molecule has 0 fully saturated rings. The van der Waals surface area contributed by atoms with E-state index in [-0.39, 0.29) is 25.2 Å². The number of unbranched alkanes of at least 4 members (excludes halogenated alkanes) is 8. The second-order valence-electron chi connectivity index (χ2n) is 11.9. The smallest absolute Gasteiger partial charge is 0.306 e. The summed E-state index contributed by atoms with van der Waals surface area (Å²) in [6.07, 6.45) is 53.2. The number of carbonyl (C=O) groups is 2. The number of hydrogen-bond donors (Lipinski definition) is 1. The molecule has 48 heavy (non-hydrogen) atoms. The van der Waals surface area contributed by atoms with Crippen molar-refractivity contribution in [2.45, 2.75) is 148 Å². The van der Waals surface area contributed by atoms with E-state index in [4.69, 9.17) is 9.47 Å². The third-order valence-electron chi connectivity index (χ3n) is 7.36. The number of carbonyl (C=O) groups excluding carboxylic acids is 2. The van der Waals surface area contributed by atoms with Gasteiger partial charge in [-0.1, -0.05) is 130 Å². The molecule has 270 valence electrons. The van der Waals surface area contributed by atoms with Crippen LogP contribution in [0.3, 0.4) is 0 Å². The van der Waals surface area contributed by atoms with Crippen LogP contribution in [0, 0.1) is 0 Å². The van der Waals surface area contributed by atoms with Gasteiger partial charge in [0.25, 0.3) is 0 Å². The zero-order valence-corrected chi connectivity index (χ0v) is 30.5. The van der Waals surface area contributed by atoms with Crippen LogP contribution >= 0.6 is 0 Å². The Morgan fingerprint density at radius 3 is 1.35 bits per heavy atom. The van der Waals surface area contributed by atoms with Crippen LogP contribution in [0.15, 0.2) is 97.2 Å². The Balaban J connectivity index is 3.75. The van der Waals surface area contributed by atoms with Gasteiger partial charge in [-0.05, 0) is 96.3 Å². The summed E-state index contributed by atoms with van der Waals surface area (Å²) in [6, 6.07) is 0. The number of esters is 2. The van der Waals surface area contributed by atoms with E-state index in [1.807, 2.05) is 0 Å². The summed E-state index contributed by atoms with van der Waals surface area (Å²) < 4.78 is 10.5. The fourth-order valence-electron chi connectivity index (χ4n) is 4.53. The first-order chi connectivity index (χ1) is 23.6. The van der Waals surface area contributed by atoms with Crippen molar-refractivity contribution in [2.75, 3.05) is 13.2 Å². The van der Waals surface area contributed by atoms with Crippen molar-refractivity contribution in [3.63, 3.8) is 0 Å². The zero-order valence-electron chi connectivity index (χ0n) is 30.5. The number of ether oxygens (including phenoxy) is 2. The van der Waals surface area contributed by atoms with Crippen LogP contribution in [0.5, 0.6) is 0 Å². The van der Waals surface area contributed by atoms with Crippen LogP contribution in [0.1, 0.15) is 142 Å². The second-order valence-corrected chi connectivity index (χ2v) is 11.9. The fourth-order valence-corrected chi connectivity index (χ4v) is 4.53. The molecule has 5 nitrogen and oxygen atoms in total. The lowest BCUT2D eigenvalue weighted by atomic mass is 10.1. The van der Waals surface area contributed by atoms with Gasteiger partial charge in [-0.15, -0.1) is 0 Å². The molecule has 0 spiro atoms. The highest BCUT2D eigenvalue weighted by molar-refractivity contribution is 5.70. The number of hydrogen-bond acceptors (Lipinski definition) is 5. The molecule has 0 aromatic heterocycles. The fraction of sp³-hybridized carbons (Fsp3) is 0.581. The van der Waals surface area contributed by atoms with E-state index < -0.39 is 6.10 Å². The molecule has 0 aromatic rings. The SMILES string of the molecule is CCC=CCC=CCC=CCC=CCCCCC(=O)OC[C@H](CO)OC(=O)CCCCCC=CCC=CCC=CCC=CCCCCC. The molecule has 0 aromatic carbocycles. The van der Waals surface area contributed by atoms with E-state index in [0.717, 1.165) is 89.9 Å². The van der Waals surface area contributed by atoms with Gasteiger partial charge in [-0.2, -0.15) is 0 Å². The van der Waals surface area contributed by atoms with Crippen LogP contribution in [0.2, 0.25) is 0 Å². The highest BCUT2D eigenvalue weighted by Crippen LogP contribution is 2.08. The van der Waals surface area contributed by atoms with Crippen LogP contribution in [-0.4, -0.2) is 36.4 Å². The summed E-state index contributed by atoms with van der Waals surface area (Å²) in [5, 5.41) is 9.53. The quantitative estimate of drug-likeness (QED) is 0.0440. The molecule has 0 unspecified atom stereocenters. The summed E-state index contributed by atoms with van der Waals surface area (Å²) in [4.78, 5) is 24.2. The Labute approximate surface area is 294 Å². The number of aliphatic hydroxyl groups excluding tert-OH is 1. The first-order valence-corrected chi connectivity index (χ1v) is 18.8. The molecule has 1 N–H and O–H groups in total. The van der Waals surface area contributed by atoms with Gasteiger partial charge in [-0.25, -0.2) is 0 Å². The summed E-state index contributed by atoms with van der Waals surface area (Å²) in [5.74, 6) is -0.688. The van der Waals surface area contributed by atoms with Crippen molar-refractivity contribution in [1.29, 1.82) is 0 Å². The lowest BCUT2D eigenvalue weighted by Gasteiger charge is -2.15. The Bertz CT molecular complexity index is 979. The Morgan fingerprint density at radius 1 is 0.500 bits per heavy atom. The van der Waals surface area contributed by atoms with Crippen LogP contribution in [0.25, 0.3) is 0 Å². The summed E-state index contributed by atoms with van der Waals surface area (Å²) in [5.41, 5.74) is 0. The summed E-state index contributed by atoms with van der Waals surface area (Å²) in [7, 11) is 0. The van der Waals surface area contributed by atoms with Gasteiger partial charge < -0.3 is 14.6 Å². The van der Waals surface area contributed by atoms with Crippen molar-refractivity contribution in [1.82, 2.24) is 0 Å². The van der Waals surface area contributed by atoms with Crippen molar-refractivity contribution in [3.8, 4) is 0 Å².